The maximum atomic E-state index is 5.21. The third-order valence-electron chi connectivity index (χ3n) is 2.30. The zero-order valence-electron chi connectivity index (χ0n) is 9.57. The second kappa shape index (κ2) is 5.14. The highest BCUT2D eigenvalue weighted by atomic mass is 79.9. The van der Waals surface area contributed by atoms with Gasteiger partial charge in [-0.15, -0.1) is 0 Å². The highest BCUT2D eigenvalue weighted by Gasteiger charge is 2.01. The number of halogens is 1. The molecule has 1 aromatic heterocycles. The molecule has 0 bridgehead atoms. The smallest absolute Gasteiger partial charge is 0.134 e. The number of nitrogens with zero attached hydrogens (tertiary/aromatic N) is 2. The van der Waals surface area contributed by atoms with E-state index in [0.717, 1.165) is 27.4 Å². The van der Waals surface area contributed by atoms with E-state index in [2.05, 4.69) is 31.2 Å². The summed E-state index contributed by atoms with van der Waals surface area (Å²) in [6.45, 7) is 2.00. The molecule has 17 heavy (non-hydrogen) atoms. The van der Waals surface area contributed by atoms with Gasteiger partial charge >= 0.3 is 0 Å². The minimum Gasteiger partial charge on any atom is -0.496 e. The molecule has 0 aliphatic rings. The molecule has 0 saturated heterocycles. The average molecular weight is 294 g/mol. The van der Waals surface area contributed by atoms with Crippen molar-refractivity contribution in [1.29, 1.82) is 0 Å². The van der Waals surface area contributed by atoms with Gasteiger partial charge in [0.25, 0.3) is 0 Å². The fraction of sp³-hybridized carbons (Fsp3) is 0.167. The van der Waals surface area contributed by atoms with E-state index >= 15 is 0 Å². The van der Waals surface area contributed by atoms with E-state index in [0.29, 0.717) is 0 Å². The van der Waals surface area contributed by atoms with E-state index < -0.39 is 0 Å². The summed E-state index contributed by atoms with van der Waals surface area (Å²) in [5, 5.41) is 3.20. The Kier molecular flexibility index (Phi) is 3.58. The van der Waals surface area contributed by atoms with Crippen LogP contribution in [0.5, 0.6) is 5.75 Å². The summed E-state index contributed by atoms with van der Waals surface area (Å²) in [7, 11) is 1.66. The predicted octanol–water partition coefficient (Wildman–Crippen LogP) is 3.30. The van der Waals surface area contributed by atoms with E-state index in [1.165, 1.54) is 6.33 Å². The molecule has 0 aliphatic heterocycles. The number of rotatable bonds is 3. The number of ether oxygens (including phenoxy) is 1. The first-order chi connectivity index (χ1) is 8.19. The van der Waals surface area contributed by atoms with E-state index in [-0.39, 0.29) is 0 Å². The number of nitrogens with one attached hydrogen (secondary N) is 1. The monoisotopic (exact) mass is 293 g/mol. The Balaban J connectivity index is 2.22. The summed E-state index contributed by atoms with van der Waals surface area (Å²) < 4.78 is 5.96. The van der Waals surface area contributed by atoms with Gasteiger partial charge < -0.3 is 10.1 Å². The Morgan fingerprint density at radius 3 is 2.71 bits per heavy atom. The number of benzene rings is 1. The average Bonchev–Trinajstić information content (AvgIpc) is 2.29. The van der Waals surface area contributed by atoms with Crippen LogP contribution >= 0.6 is 15.9 Å². The predicted molar refractivity (Wildman–Crippen MR) is 70.7 cm³/mol. The van der Waals surface area contributed by atoms with Gasteiger partial charge in [-0.1, -0.05) is 0 Å². The third kappa shape index (κ3) is 2.94. The summed E-state index contributed by atoms with van der Waals surface area (Å²) in [4.78, 5) is 8.10. The number of methoxy groups -OCH3 is 1. The van der Waals surface area contributed by atoms with E-state index in [4.69, 9.17) is 4.74 Å². The second-order valence-electron chi connectivity index (χ2n) is 3.54. The van der Waals surface area contributed by atoms with Gasteiger partial charge in [-0.3, -0.25) is 0 Å². The minimum atomic E-state index is 0.747. The first kappa shape index (κ1) is 11.9. The quantitative estimate of drug-likeness (QED) is 0.882. The lowest BCUT2D eigenvalue weighted by Gasteiger charge is -2.09. The zero-order chi connectivity index (χ0) is 12.3. The molecule has 0 saturated carbocycles. The maximum Gasteiger partial charge on any atom is 0.134 e. The van der Waals surface area contributed by atoms with Crippen LogP contribution in [0.2, 0.25) is 0 Å². The van der Waals surface area contributed by atoms with Crippen LogP contribution < -0.4 is 10.1 Å². The maximum absolute atomic E-state index is 5.21. The summed E-state index contributed by atoms with van der Waals surface area (Å²) in [5.41, 5.74) is 2.04. The number of anilines is 2. The molecular formula is C12H12BrN3O. The molecule has 0 radical (unpaired) electrons. The Hall–Kier alpha value is -1.62. The van der Waals surface area contributed by atoms with Crippen molar-refractivity contribution in [3.63, 3.8) is 0 Å². The van der Waals surface area contributed by atoms with Crippen molar-refractivity contribution in [3.8, 4) is 5.75 Å². The number of hydrogen-bond donors (Lipinski definition) is 1. The molecule has 1 N–H and O–H groups in total. The lowest BCUT2D eigenvalue weighted by Crippen LogP contribution is -1.95. The van der Waals surface area contributed by atoms with Crippen LogP contribution in [0.15, 0.2) is 35.2 Å². The van der Waals surface area contributed by atoms with Crippen molar-refractivity contribution < 1.29 is 4.74 Å². The van der Waals surface area contributed by atoms with Crippen LogP contribution in [-0.4, -0.2) is 17.1 Å². The first-order valence-corrected chi connectivity index (χ1v) is 5.87. The van der Waals surface area contributed by atoms with Gasteiger partial charge in [0.05, 0.1) is 7.11 Å². The van der Waals surface area contributed by atoms with Gasteiger partial charge in [0.2, 0.25) is 0 Å². The third-order valence-corrected chi connectivity index (χ3v) is 2.73. The van der Waals surface area contributed by atoms with Crippen LogP contribution in [0, 0.1) is 6.92 Å². The molecule has 1 aromatic carbocycles. The number of aromatic nitrogens is 2. The fourth-order valence-electron chi connectivity index (χ4n) is 1.51. The highest BCUT2D eigenvalue weighted by molar-refractivity contribution is 9.10. The molecule has 2 aromatic rings. The standard InChI is InChI=1S/C12H12BrN3O/c1-8-5-9(3-4-10(8)17-2)16-12-6-11(13)14-7-15-12/h3-7H,1-2H3,(H,14,15,16). The Morgan fingerprint density at radius 2 is 2.06 bits per heavy atom. The van der Waals surface area contributed by atoms with E-state index in [1.54, 1.807) is 7.11 Å². The van der Waals surface area contributed by atoms with Gasteiger partial charge in [-0.05, 0) is 46.6 Å². The zero-order valence-corrected chi connectivity index (χ0v) is 11.2. The Labute approximate surface area is 108 Å². The molecule has 0 amide bonds. The van der Waals surface area contributed by atoms with Crippen molar-refractivity contribution in [2.75, 3.05) is 12.4 Å². The normalized spacial score (nSPS) is 10.1. The summed E-state index contributed by atoms with van der Waals surface area (Å²) in [6, 6.07) is 7.70. The van der Waals surface area contributed by atoms with Crippen molar-refractivity contribution in [3.05, 3.63) is 40.8 Å². The Morgan fingerprint density at radius 1 is 1.24 bits per heavy atom. The summed E-state index contributed by atoms with van der Waals surface area (Å²) in [6.07, 6.45) is 1.50. The molecular weight excluding hydrogens is 282 g/mol. The molecule has 1 heterocycles. The molecule has 0 spiro atoms. The molecule has 2 rings (SSSR count). The van der Waals surface area contributed by atoms with Crippen molar-refractivity contribution >= 4 is 27.4 Å². The van der Waals surface area contributed by atoms with Crippen LogP contribution in [0.4, 0.5) is 11.5 Å². The highest BCUT2D eigenvalue weighted by Crippen LogP contribution is 2.23. The second-order valence-corrected chi connectivity index (χ2v) is 4.35. The van der Waals surface area contributed by atoms with Gasteiger partial charge in [0.1, 0.15) is 22.5 Å². The van der Waals surface area contributed by atoms with Gasteiger partial charge in [0, 0.05) is 11.8 Å². The first-order valence-electron chi connectivity index (χ1n) is 5.08. The fourth-order valence-corrected chi connectivity index (χ4v) is 1.81. The van der Waals surface area contributed by atoms with Gasteiger partial charge in [-0.25, -0.2) is 9.97 Å². The molecule has 0 atom stereocenters. The molecule has 0 aliphatic carbocycles. The summed E-state index contributed by atoms with van der Waals surface area (Å²) >= 11 is 3.30. The van der Waals surface area contributed by atoms with Crippen LogP contribution in [0.25, 0.3) is 0 Å². The number of hydrogen-bond acceptors (Lipinski definition) is 4. The number of aryl methyl sites for hydroxylation is 1. The molecule has 88 valence electrons. The largest absolute Gasteiger partial charge is 0.496 e. The van der Waals surface area contributed by atoms with Crippen molar-refractivity contribution in [2.45, 2.75) is 6.92 Å². The molecule has 0 unspecified atom stereocenters. The van der Waals surface area contributed by atoms with Crippen molar-refractivity contribution in [2.24, 2.45) is 0 Å². The minimum absolute atomic E-state index is 0.747. The topological polar surface area (TPSA) is 47.0 Å². The SMILES string of the molecule is COc1ccc(Nc2cc(Br)ncn2)cc1C. The molecule has 0 fully saturated rings. The molecule has 4 nitrogen and oxygen atoms in total. The molecule has 5 heteroatoms. The summed E-state index contributed by atoms with van der Waals surface area (Å²) in [5.74, 6) is 1.62. The lowest BCUT2D eigenvalue weighted by atomic mass is 10.2. The van der Waals surface area contributed by atoms with E-state index in [9.17, 15) is 0 Å². The van der Waals surface area contributed by atoms with E-state index in [1.807, 2.05) is 31.2 Å². The van der Waals surface area contributed by atoms with Crippen LogP contribution in [0.1, 0.15) is 5.56 Å². The lowest BCUT2D eigenvalue weighted by molar-refractivity contribution is 0.412. The van der Waals surface area contributed by atoms with Gasteiger partial charge in [-0.2, -0.15) is 0 Å². The van der Waals surface area contributed by atoms with Crippen LogP contribution in [-0.2, 0) is 0 Å². The Bertz CT molecular complexity index is 531. The van der Waals surface area contributed by atoms with Crippen molar-refractivity contribution in [1.82, 2.24) is 9.97 Å². The van der Waals surface area contributed by atoms with Crippen LogP contribution in [0.3, 0.4) is 0 Å². The van der Waals surface area contributed by atoms with Gasteiger partial charge in [0.15, 0.2) is 0 Å².